The molecule has 2 aromatic heterocycles. The van der Waals surface area contributed by atoms with Crippen LogP contribution in [0.2, 0.25) is 10.2 Å². The second-order valence-corrected chi connectivity index (χ2v) is 6.61. The molecule has 3 aromatic rings. The minimum atomic E-state index is -5.10. The van der Waals surface area contributed by atoms with Gasteiger partial charge in [-0.15, -0.1) is 0 Å². The van der Waals surface area contributed by atoms with Crippen LogP contribution in [0.1, 0.15) is 11.3 Å². The van der Waals surface area contributed by atoms with Crippen LogP contribution in [0.25, 0.3) is 5.69 Å². The summed E-state index contributed by atoms with van der Waals surface area (Å²) in [4.78, 5) is 28.3. The van der Waals surface area contributed by atoms with Crippen LogP contribution >= 0.6 is 23.2 Å². The summed E-state index contributed by atoms with van der Waals surface area (Å²) in [5.74, 6) is 3.35. The number of hydrogen-bond acceptors (Lipinski definition) is 6. The molecule has 0 aliphatic carbocycles. The van der Waals surface area contributed by atoms with Crippen molar-refractivity contribution in [3.05, 3.63) is 78.4 Å². The van der Waals surface area contributed by atoms with Gasteiger partial charge in [-0.3, -0.25) is 4.79 Å². The summed E-state index contributed by atoms with van der Waals surface area (Å²) in [6.45, 7) is 0. The summed E-state index contributed by atoms with van der Waals surface area (Å²) in [7, 11) is 0. The highest BCUT2D eigenvalue weighted by molar-refractivity contribution is 6.32. The van der Waals surface area contributed by atoms with E-state index in [2.05, 4.69) is 4.98 Å². The molecule has 0 saturated heterocycles. The number of nitrogen functional groups attached to an aromatic ring is 1. The van der Waals surface area contributed by atoms with Crippen molar-refractivity contribution in [2.45, 2.75) is 6.18 Å². The molecule has 0 unspecified atom stereocenters. The predicted molar refractivity (Wildman–Crippen MR) is 100 cm³/mol. The average molecular weight is 476 g/mol. The SMILES string of the molecule is N#Cc1cc(Cl)nc(Oc2cc(-n3c(=O)cc(C(F)(F)F)n(N)c3=O)c(F)cc2Cl)c1. The Kier molecular flexibility index (Phi) is 5.66. The molecule has 1 aromatic carbocycles. The molecular formula is C17H7Cl2F4N5O3. The van der Waals surface area contributed by atoms with Crippen LogP contribution in [0.4, 0.5) is 17.6 Å². The zero-order valence-electron chi connectivity index (χ0n) is 14.7. The zero-order valence-corrected chi connectivity index (χ0v) is 16.3. The number of hydrogen-bond donors (Lipinski definition) is 1. The van der Waals surface area contributed by atoms with E-state index in [4.69, 9.17) is 39.0 Å². The first kappa shape index (κ1) is 22.1. The van der Waals surface area contributed by atoms with Gasteiger partial charge in [0.1, 0.15) is 16.7 Å². The quantitative estimate of drug-likeness (QED) is 0.353. The van der Waals surface area contributed by atoms with Crippen molar-refractivity contribution in [3.8, 4) is 23.4 Å². The number of pyridine rings is 1. The van der Waals surface area contributed by atoms with Crippen LogP contribution in [0.15, 0.2) is 39.9 Å². The van der Waals surface area contributed by atoms with Gasteiger partial charge in [-0.25, -0.2) is 23.4 Å². The molecule has 0 amide bonds. The molecule has 0 aliphatic rings. The van der Waals surface area contributed by atoms with Crippen LogP contribution in [0.5, 0.6) is 11.6 Å². The van der Waals surface area contributed by atoms with Gasteiger partial charge in [-0.2, -0.15) is 18.4 Å². The van der Waals surface area contributed by atoms with Crippen LogP contribution in [-0.2, 0) is 6.18 Å². The Bertz CT molecular complexity index is 1360. The fraction of sp³-hybridized carbons (Fsp3) is 0.0588. The lowest BCUT2D eigenvalue weighted by atomic mass is 10.2. The third-order valence-electron chi connectivity index (χ3n) is 3.78. The summed E-state index contributed by atoms with van der Waals surface area (Å²) in [6, 6.07) is 5.68. The Morgan fingerprint density at radius 3 is 2.42 bits per heavy atom. The molecule has 14 heteroatoms. The summed E-state index contributed by atoms with van der Waals surface area (Å²) in [5, 5.41) is 8.52. The van der Waals surface area contributed by atoms with Crippen molar-refractivity contribution in [2.75, 3.05) is 5.84 Å². The van der Waals surface area contributed by atoms with Crippen LogP contribution in [0.3, 0.4) is 0 Å². The average Bonchev–Trinajstić information content (AvgIpc) is 2.66. The maximum Gasteiger partial charge on any atom is 0.433 e. The number of rotatable bonds is 3. The van der Waals surface area contributed by atoms with E-state index in [9.17, 15) is 27.2 Å². The van der Waals surface area contributed by atoms with E-state index in [1.165, 1.54) is 12.1 Å². The molecule has 0 fully saturated rings. The summed E-state index contributed by atoms with van der Waals surface area (Å²) in [6.07, 6.45) is -5.10. The number of nitriles is 1. The topological polar surface area (TPSA) is 116 Å². The molecule has 0 saturated carbocycles. The monoisotopic (exact) mass is 475 g/mol. The molecule has 0 aliphatic heterocycles. The number of nitrogens with zero attached hydrogens (tertiary/aromatic N) is 4. The van der Waals surface area contributed by atoms with Gasteiger partial charge in [0, 0.05) is 18.2 Å². The van der Waals surface area contributed by atoms with Crippen LogP contribution in [0, 0.1) is 17.1 Å². The molecule has 160 valence electrons. The number of halogens is 6. The van der Waals surface area contributed by atoms with Crippen molar-refractivity contribution in [1.82, 2.24) is 14.2 Å². The highest BCUT2D eigenvalue weighted by Gasteiger charge is 2.36. The molecule has 2 heterocycles. The van der Waals surface area contributed by atoms with Crippen molar-refractivity contribution in [2.24, 2.45) is 0 Å². The lowest BCUT2D eigenvalue weighted by Gasteiger charge is -2.15. The highest BCUT2D eigenvalue weighted by Crippen LogP contribution is 2.33. The summed E-state index contributed by atoms with van der Waals surface area (Å²) >= 11 is 11.7. The van der Waals surface area contributed by atoms with E-state index in [1.807, 2.05) is 0 Å². The lowest BCUT2D eigenvalue weighted by Crippen LogP contribution is -2.45. The first-order valence-corrected chi connectivity index (χ1v) is 8.64. The molecular weight excluding hydrogens is 469 g/mol. The zero-order chi connectivity index (χ0) is 23.1. The molecule has 31 heavy (non-hydrogen) atoms. The van der Waals surface area contributed by atoms with Gasteiger partial charge in [-0.05, 0) is 12.1 Å². The number of alkyl halides is 3. The van der Waals surface area contributed by atoms with Gasteiger partial charge in [-0.1, -0.05) is 23.2 Å². The van der Waals surface area contributed by atoms with E-state index >= 15 is 0 Å². The molecule has 0 radical (unpaired) electrons. The number of ether oxygens (including phenoxy) is 1. The highest BCUT2D eigenvalue weighted by atomic mass is 35.5. The predicted octanol–water partition coefficient (Wildman–Crippen LogP) is 3.24. The first-order valence-electron chi connectivity index (χ1n) is 7.88. The third kappa shape index (κ3) is 4.32. The fourth-order valence-electron chi connectivity index (χ4n) is 2.47. The van der Waals surface area contributed by atoms with Crippen molar-refractivity contribution >= 4 is 23.2 Å². The Hall–Kier alpha value is -3.56. The van der Waals surface area contributed by atoms with Gasteiger partial charge >= 0.3 is 11.9 Å². The number of nitrogens with two attached hydrogens (primary N) is 1. The Morgan fingerprint density at radius 2 is 1.81 bits per heavy atom. The Balaban J connectivity index is 2.19. The van der Waals surface area contributed by atoms with E-state index < -0.39 is 34.6 Å². The van der Waals surface area contributed by atoms with Crippen molar-refractivity contribution < 1.29 is 22.3 Å². The lowest BCUT2D eigenvalue weighted by molar-refractivity contribution is -0.143. The van der Waals surface area contributed by atoms with E-state index in [-0.39, 0.29) is 42.7 Å². The van der Waals surface area contributed by atoms with E-state index in [0.29, 0.717) is 6.07 Å². The summed E-state index contributed by atoms with van der Waals surface area (Å²) < 4.78 is 58.4. The minimum Gasteiger partial charge on any atom is -0.437 e. The Morgan fingerprint density at radius 1 is 1.13 bits per heavy atom. The number of aromatic nitrogens is 3. The van der Waals surface area contributed by atoms with Crippen LogP contribution < -0.4 is 21.8 Å². The molecule has 0 atom stereocenters. The largest absolute Gasteiger partial charge is 0.437 e. The fourth-order valence-corrected chi connectivity index (χ4v) is 2.86. The van der Waals surface area contributed by atoms with Crippen molar-refractivity contribution in [3.63, 3.8) is 0 Å². The molecule has 0 spiro atoms. The molecule has 2 N–H and O–H groups in total. The van der Waals surface area contributed by atoms with Crippen LogP contribution in [-0.4, -0.2) is 14.2 Å². The maximum absolute atomic E-state index is 14.5. The van der Waals surface area contributed by atoms with Gasteiger partial charge in [0.05, 0.1) is 22.3 Å². The molecule has 8 nitrogen and oxygen atoms in total. The van der Waals surface area contributed by atoms with Gasteiger partial charge in [0.15, 0.2) is 5.69 Å². The molecule has 0 bridgehead atoms. The smallest absolute Gasteiger partial charge is 0.433 e. The van der Waals surface area contributed by atoms with E-state index in [0.717, 1.165) is 6.07 Å². The second-order valence-electron chi connectivity index (χ2n) is 5.82. The minimum absolute atomic E-state index is 0.0354. The third-order valence-corrected chi connectivity index (χ3v) is 4.27. The van der Waals surface area contributed by atoms with Gasteiger partial charge in [0.25, 0.3) is 5.56 Å². The van der Waals surface area contributed by atoms with E-state index in [1.54, 1.807) is 6.07 Å². The Labute approximate surface area is 179 Å². The maximum atomic E-state index is 14.5. The standard InChI is InChI=1S/C17H7Cl2F4N5O3/c18-8-3-9(20)10(4-11(8)31-14-2-7(6-24)1-13(19)26-14)27-15(29)5-12(17(21,22)23)28(25)16(27)30/h1-5H,25H2. The van der Waals surface area contributed by atoms with Gasteiger partial charge < -0.3 is 10.6 Å². The second kappa shape index (κ2) is 7.93. The normalized spacial score (nSPS) is 11.3. The number of benzene rings is 1. The summed E-state index contributed by atoms with van der Waals surface area (Å²) in [5.41, 5.74) is -5.61. The molecule has 3 rings (SSSR count). The van der Waals surface area contributed by atoms with Gasteiger partial charge in [0.2, 0.25) is 5.88 Å². The van der Waals surface area contributed by atoms with Crippen molar-refractivity contribution in [1.29, 1.82) is 5.26 Å². The first-order chi connectivity index (χ1) is 14.4.